The number of benzene rings is 1. The Kier molecular flexibility index (Phi) is 8.84. The van der Waals surface area contributed by atoms with Gasteiger partial charge in [-0.2, -0.15) is 10.1 Å². The summed E-state index contributed by atoms with van der Waals surface area (Å²) in [5.41, 5.74) is 16.9. The fourth-order valence-electron chi connectivity index (χ4n) is 4.30. The highest BCUT2D eigenvalue weighted by Crippen LogP contribution is 2.35. The topological polar surface area (TPSA) is 129 Å². The molecule has 2 aromatic rings. The van der Waals surface area contributed by atoms with E-state index >= 15 is 0 Å². The van der Waals surface area contributed by atoms with Crippen LogP contribution in [0.25, 0.3) is 6.08 Å². The molecule has 1 atom stereocenters. The highest BCUT2D eigenvalue weighted by Gasteiger charge is 2.24. The molecule has 0 aliphatic carbocycles. The summed E-state index contributed by atoms with van der Waals surface area (Å²) < 4.78 is 11.2. The Morgan fingerprint density at radius 2 is 1.92 bits per heavy atom. The molecule has 1 aliphatic heterocycles. The van der Waals surface area contributed by atoms with Gasteiger partial charge in [-0.15, -0.1) is 0 Å². The lowest BCUT2D eigenvalue weighted by atomic mass is 9.98. The first-order chi connectivity index (χ1) is 17.8. The van der Waals surface area contributed by atoms with Gasteiger partial charge in [-0.1, -0.05) is 38.7 Å². The summed E-state index contributed by atoms with van der Waals surface area (Å²) in [6.45, 7) is 11.6. The SMILES string of the molecule is C=CC1=C(C=C)C(C)N(C(=O)/C=C/c2cc(Cc3c(N)nc(N)nc3CCC)cc(OC)c2OC)N=C1. The van der Waals surface area contributed by atoms with E-state index in [1.165, 1.54) is 11.1 Å². The maximum atomic E-state index is 13.1. The number of methoxy groups -OCH3 is 2. The molecule has 37 heavy (non-hydrogen) atoms. The predicted molar refractivity (Wildman–Crippen MR) is 148 cm³/mol. The fraction of sp³-hybridized carbons (Fsp3) is 0.286. The van der Waals surface area contributed by atoms with Crippen molar-refractivity contribution in [3.8, 4) is 11.5 Å². The molecule has 1 aromatic carbocycles. The highest BCUT2D eigenvalue weighted by atomic mass is 16.5. The van der Waals surface area contributed by atoms with Crippen molar-refractivity contribution in [3.63, 3.8) is 0 Å². The third-order valence-electron chi connectivity index (χ3n) is 6.12. The van der Waals surface area contributed by atoms with E-state index < -0.39 is 0 Å². The van der Waals surface area contributed by atoms with Gasteiger partial charge in [-0.05, 0) is 48.3 Å². The molecule has 9 heteroatoms. The number of allylic oxidation sites excluding steroid dienone is 2. The predicted octanol–water partition coefficient (Wildman–Crippen LogP) is 4.10. The lowest BCUT2D eigenvalue weighted by Gasteiger charge is -2.28. The zero-order chi connectivity index (χ0) is 27.1. The number of nitrogens with zero attached hydrogens (tertiary/aromatic N) is 4. The molecule has 194 valence electrons. The average molecular weight is 503 g/mol. The second-order valence-corrected chi connectivity index (χ2v) is 8.50. The van der Waals surface area contributed by atoms with Crippen LogP contribution in [0.2, 0.25) is 0 Å². The molecule has 0 saturated carbocycles. The largest absolute Gasteiger partial charge is 0.493 e. The van der Waals surface area contributed by atoms with Gasteiger partial charge in [-0.3, -0.25) is 4.79 Å². The van der Waals surface area contributed by atoms with Gasteiger partial charge in [0.15, 0.2) is 11.5 Å². The molecule has 4 N–H and O–H groups in total. The molecular weight excluding hydrogens is 468 g/mol. The highest BCUT2D eigenvalue weighted by molar-refractivity contribution is 5.95. The summed E-state index contributed by atoms with van der Waals surface area (Å²) >= 11 is 0. The van der Waals surface area contributed by atoms with E-state index in [1.807, 2.05) is 19.1 Å². The number of carbonyl (C=O) groups excluding carboxylic acids is 1. The summed E-state index contributed by atoms with van der Waals surface area (Å²) in [5, 5.41) is 5.70. The molecule has 0 radical (unpaired) electrons. The van der Waals surface area contributed by atoms with Crippen LogP contribution in [0.1, 0.15) is 42.7 Å². The van der Waals surface area contributed by atoms with Crippen LogP contribution >= 0.6 is 0 Å². The Morgan fingerprint density at radius 1 is 1.16 bits per heavy atom. The lowest BCUT2D eigenvalue weighted by Crippen LogP contribution is -2.37. The summed E-state index contributed by atoms with van der Waals surface area (Å²) in [7, 11) is 3.12. The normalized spacial score (nSPS) is 15.2. The first-order valence-electron chi connectivity index (χ1n) is 12.0. The molecule has 0 saturated heterocycles. The van der Waals surface area contributed by atoms with Gasteiger partial charge in [0.1, 0.15) is 5.82 Å². The molecule has 0 spiro atoms. The molecule has 1 aromatic heterocycles. The number of aromatic nitrogens is 2. The monoisotopic (exact) mass is 502 g/mol. The van der Waals surface area contributed by atoms with E-state index in [0.29, 0.717) is 29.3 Å². The van der Waals surface area contributed by atoms with Crippen LogP contribution in [0.5, 0.6) is 11.5 Å². The molecule has 1 amide bonds. The number of nitrogens with two attached hydrogens (primary N) is 2. The number of aryl methyl sites for hydroxylation is 1. The van der Waals surface area contributed by atoms with Crippen LogP contribution in [-0.2, 0) is 17.6 Å². The summed E-state index contributed by atoms with van der Waals surface area (Å²) in [5.74, 6) is 1.24. The molecule has 3 rings (SSSR count). The number of carbonyl (C=O) groups is 1. The van der Waals surface area contributed by atoms with E-state index in [0.717, 1.165) is 40.8 Å². The smallest absolute Gasteiger partial charge is 0.267 e. The van der Waals surface area contributed by atoms with Crippen molar-refractivity contribution in [1.82, 2.24) is 15.0 Å². The summed E-state index contributed by atoms with van der Waals surface area (Å²) in [4.78, 5) is 21.6. The number of hydrogen-bond donors (Lipinski definition) is 2. The van der Waals surface area contributed by atoms with Crippen molar-refractivity contribution in [2.45, 2.75) is 39.2 Å². The van der Waals surface area contributed by atoms with Crippen molar-refractivity contribution in [2.24, 2.45) is 5.10 Å². The maximum Gasteiger partial charge on any atom is 0.267 e. The van der Waals surface area contributed by atoms with Gasteiger partial charge >= 0.3 is 0 Å². The quantitative estimate of drug-likeness (QED) is 0.468. The van der Waals surface area contributed by atoms with Gasteiger partial charge in [0.05, 0.1) is 32.2 Å². The number of rotatable bonds is 10. The number of ether oxygens (including phenoxy) is 2. The average Bonchev–Trinajstić information content (AvgIpc) is 2.88. The van der Waals surface area contributed by atoms with Gasteiger partial charge < -0.3 is 20.9 Å². The Morgan fingerprint density at radius 3 is 2.54 bits per heavy atom. The Bertz CT molecular complexity index is 1300. The van der Waals surface area contributed by atoms with Crippen molar-refractivity contribution in [3.05, 3.63) is 77.0 Å². The van der Waals surface area contributed by atoms with Crippen LogP contribution < -0.4 is 20.9 Å². The maximum absolute atomic E-state index is 13.1. The molecule has 1 unspecified atom stereocenters. The van der Waals surface area contributed by atoms with Crippen LogP contribution in [0.15, 0.2) is 59.8 Å². The van der Waals surface area contributed by atoms with Crippen molar-refractivity contribution in [1.29, 1.82) is 0 Å². The number of anilines is 2. The van der Waals surface area contributed by atoms with E-state index in [1.54, 1.807) is 38.7 Å². The molecule has 0 bridgehead atoms. The van der Waals surface area contributed by atoms with Crippen LogP contribution in [-0.4, -0.2) is 47.4 Å². The van der Waals surface area contributed by atoms with E-state index in [9.17, 15) is 4.79 Å². The Balaban J connectivity index is 1.97. The zero-order valence-electron chi connectivity index (χ0n) is 21.8. The summed E-state index contributed by atoms with van der Waals surface area (Å²) in [6.07, 6.45) is 10.2. The molecule has 9 nitrogen and oxygen atoms in total. The standard InChI is InChI=1S/C28H34N6O3/c1-7-10-23-22(27(29)33-28(30)32-23)14-18-13-20(26(37-6)24(15-18)36-5)11-12-25(35)34-17(4)21(9-3)19(8-2)16-31-34/h8-9,11-13,15-17H,2-3,7,10,14H2,1,4-6H3,(H4,29,30,32,33)/b12-11+. The van der Waals surface area contributed by atoms with E-state index in [4.69, 9.17) is 20.9 Å². The number of hydrogen-bond acceptors (Lipinski definition) is 8. The van der Waals surface area contributed by atoms with Crippen molar-refractivity contribution >= 4 is 30.0 Å². The van der Waals surface area contributed by atoms with E-state index in [2.05, 4.69) is 35.2 Å². The zero-order valence-corrected chi connectivity index (χ0v) is 21.8. The first-order valence-corrected chi connectivity index (χ1v) is 12.0. The minimum absolute atomic E-state index is 0.156. The van der Waals surface area contributed by atoms with Gasteiger partial charge in [0.25, 0.3) is 5.91 Å². The van der Waals surface area contributed by atoms with Crippen molar-refractivity contribution < 1.29 is 14.3 Å². The third-order valence-corrected chi connectivity index (χ3v) is 6.12. The molecule has 0 fully saturated rings. The van der Waals surface area contributed by atoms with Gasteiger partial charge in [0, 0.05) is 23.6 Å². The van der Waals surface area contributed by atoms with Gasteiger partial charge in [0.2, 0.25) is 5.95 Å². The lowest BCUT2D eigenvalue weighted by molar-refractivity contribution is -0.127. The van der Waals surface area contributed by atoms with Crippen LogP contribution in [0.3, 0.4) is 0 Å². The fourth-order valence-corrected chi connectivity index (χ4v) is 4.30. The van der Waals surface area contributed by atoms with Crippen LogP contribution in [0.4, 0.5) is 11.8 Å². The first kappa shape index (κ1) is 27.2. The number of hydrazone groups is 1. The van der Waals surface area contributed by atoms with E-state index in [-0.39, 0.29) is 17.9 Å². The Hall–Kier alpha value is -4.40. The van der Waals surface area contributed by atoms with Crippen molar-refractivity contribution in [2.75, 3.05) is 25.7 Å². The third kappa shape index (κ3) is 5.88. The second kappa shape index (κ2) is 12.0. The molecule has 1 aliphatic rings. The number of nitrogen functional groups attached to an aromatic ring is 2. The minimum Gasteiger partial charge on any atom is -0.493 e. The molecule has 2 heterocycles. The summed E-state index contributed by atoms with van der Waals surface area (Å²) in [6, 6.07) is 3.50. The Labute approximate surface area is 217 Å². The van der Waals surface area contributed by atoms with Crippen LogP contribution in [0, 0.1) is 0 Å². The number of amides is 1. The molecular formula is C28H34N6O3. The second-order valence-electron chi connectivity index (χ2n) is 8.50. The minimum atomic E-state index is -0.293. The van der Waals surface area contributed by atoms with Gasteiger partial charge in [-0.25, -0.2) is 9.99 Å².